The molecule has 1 fully saturated rings. The Labute approximate surface area is 217 Å². The molecule has 0 saturated heterocycles. The topological polar surface area (TPSA) is 49.4 Å². The van der Waals surface area contributed by atoms with E-state index in [1.54, 1.807) is 11.0 Å². The molecule has 4 rings (SSSR count). The molecule has 1 atom stereocenters. The molecule has 0 radical (unpaired) electrons. The Bertz CT molecular complexity index is 1170. The van der Waals surface area contributed by atoms with E-state index in [4.69, 9.17) is 11.6 Å². The van der Waals surface area contributed by atoms with Gasteiger partial charge in [-0.25, -0.2) is 4.39 Å². The van der Waals surface area contributed by atoms with Gasteiger partial charge in [0.2, 0.25) is 11.8 Å². The second-order valence-electron chi connectivity index (χ2n) is 9.58. The summed E-state index contributed by atoms with van der Waals surface area (Å²) in [6.07, 6.45) is 4.21. The van der Waals surface area contributed by atoms with Gasteiger partial charge in [0.1, 0.15) is 11.9 Å². The number of nitrogens with zero attached hydrogens (tertiary/aromatic N) is 1. The number of benzene rings is 3. The summed E-state index contributed by atoms with van der Waals surface area (Å²) in [7, 11) is 0. The van der Waals surface area contributed by atoms with E-state index in [0.29, 0.717) is 6.42 Å². The number of nitrogens with one attached hydrogen (secondary N) is 1. The third-order valence-electron chi connectivity index (χ3n) is 6.80. The molecule has 3 aromatic carbocycles. The van der Waals surface area contributed by atoms with Crippen molar-refractivity contribution in [3.8, 4) is 0 Å². The molecule has 36 heavy (non-hydrogen) atoms. The standard InChI is InChI=1S/C30H32ClFN2O2/c1-21-9-7-12-23(17-21)20-34(29(35)19-25-26(31)15-8-16-27(25)32)28(18-22-10-3-2-4-11-22)30(36)33-24-13-5-6-14-24/h2-4,7-12,15-17,24,28H,5-6,13-14,18-20H2,1H3,(H,33,36). The van der Waals surface area contributed by atoms with Crippen LogP contribution in [0.15, 0.2) is 72.8 Å². The third-order valence-corrected chi connectivity index (χ3v) is 7.15. The van der Waals surface area contributed by atoms with Gasteiger partial charge in [-0.1, -0.05) is 90.7 Å². The lowest BCUT2D eigenvalue weighted by atomic mass is 10.0. The van der Waals surface area contributed by atoms with Crippen LogP contribution in [0.5, 0.6) is 0 Å². The lowest BCUT2D eigenvalue weighted by molar-refractivity contribution is -0.141. The van der Waals surface area contributed by atoms with Gasteiger partial charge in [-0.05, 0) is 43.0 Å². The van der Waals surface area contributed by atoms with E-state index in [1.165, 1.54) is 12.1 Å². The monoisotopic (exact) mass is 506 g/mol. The molecule has 1 aliphatic carbocycles. The minimum absolute atomic E-state index is 0.118. The molecule has 0 bridgehead atoms. The van der Waals surface area contributed by atoms with Gasteiger partial charge in [0, 0.05) is 29.6 Å². The lowest BCUT2D eigenvalue weighted by Crippen LogP contribution is -2.52. The number of hydrogen-bond donors (Lipinski definition) is 1. The first-order chi connectivity index (χ1) is 17.4. The van der Waals surface area contributed by atoms with Crippen molar-refractivity contribution >= 4 is 23.4 Å². The van der Waals surface area contributed by atoms with Crippen LogP contribution in [0.3, 0.4) is 0 Å². The van der Waals surface area contributed by atoms with Gasteiger partial charge in [-0.15, -0.1) is 0 Å². The van der Waals surface area contributed by atoms with Crippen LogP contribution in [0.1, 0.15) is 47.9 Å². The molecule has 4 nitrogen and oxygen atoms in total. The molecule has 188 valence electrons. The number of rotatable bonds is 9. The summed E-state index contributed by atoms with van der Waals surface area (Å²) in [6, 6.07) is 21.3. The third kappa shape index (κ3) is 6.73. The molecule has 0 spiro atoms. The van der Waals surface area contributed by atoms with E-state index in [1.807, 2.05) is 61.5 Å². The predicted molar refractivity (Wildman–Crippen MR) is 141 cm³/mol. The average Bonchev–Trinajstić information content (AvgIpc) is 3.37. The van der Waals surface area contributed by atoms with Gasteiger partial charge < -0.3 is 10.2 Å². The molecule has 1 aliphatic rings. The molecule has 0 aromatic heterocycles. The number of aryl methyl sites for hydroxylation is 1. The van der Waals surface area contributed by atoms with Crippen LogP contribution in [0.2, 0.25) is 5.02 Å². The Morgan fingerprint density at radius 2 is 1.69 bits per heavy atom. The van der Waals surface area contributed by atoms with Crippen molar-refractivity contribution in [1.29, 1.82) is 0 Å². The van der Waals surface area contributed by atoms with Crippen LogP contribution in [-0.4, -0.2) is 28.8 Å². The normalized spacial score (nSPS) is 14.4. The molecule has 2 amide bonds. The summed E-state index contributed by atoms with van der Waals surface area (Å²) in [5.74, 6) is -1.04. The fourth-order valence-corrected chi connectivity index (χ4v) is 5.11. The zero-order valence-corrected chi connectivity index (χ0v) is 21.3. The van der Waals surface area contributed by atoms with Crippen LogP contribution >= 0.6 is 11.6 Å². The van der Waals surface area contributed by atoms with Gasteiger partial charge >= 0.3 is 0 Å². The first-order valence-electron chi connectivity index (χ1n) is 12.5. The van der Waals surface area contributed by atoms with Crippen LogP contribution in [0, 0.1) is 12.7 Å². The highest BCUT2D eigenvalue weighted by Crippen LogP contribution is 2.24. The molecule has 0 heterocycles. The second-order valence-corrected chi connectivity index (χ2v) is 9.99. The smallest absolute Gasteiger partial charge is 0.243 e. The number of halogens is 2. The minimum Gasteiger partial charge on any atom is -0.352 e. The zero-order valence-electron chi connectivity index (χ0n) is 20.6. The number of amides is 2. The van der Waals surface area contributed by atoms with Crippen LogP contribution in [0.25, 0.3) is 0 Å². The number of carbonyl (C=O) groups is 2. The highest BCUT2D eigenvalue weighted by Gasteiger charge is 2.32. The maximum absolute atomic E-state index is 14.6. The van der Waals surface area contributed by atoms with Gasteiger partial charge in [-0.3, -0.25) is 9.59 Å². The van der Waals surface area contributed by atoms with Crippen molar-refractivity contribution < 1.29 is 14.0 Å². The van der Waals surface area contributed by atoms with Crippen LogP contribution < -0.4 is 5.32 Å². The lowest BCUT2D eigenvalue weighted by Gasteiger charge is -2.32. The Morgan fingerprint density at radius 3 is 2.39 bits per heavy atom. The van der Waals surface area contributed by atoms with E-state index in [-0.39, 0.29) is 41.4 Å². The quantitative estimate of drug-likeness (QED) is 0.385. The van der Waals surface area contributed by atoms with E-state index in [9.17, 15) is 14.0 Å². The first kappa shape index (κ1) is 25.9. The highest BCUT2D eigenvalue weighted by molar-refractivity contribution is 6.31. The van der Waals surface area contributed by atoms with E-state index in [2.05, 4.69) is 5.32 Å². The molecule has 0 aliphatic heterocycles. The minimum atomic E-state index is -0.744. The fourth-order valence-electron chi connectivity index (χ4n) is 4.88. The summed E-state index contributed by atoms with van der Waals surface area (Å²) < 4.78 is 14.6. The molecular weight excluding hydrogens is 475 g/mol. The summed E-state index contributed by atoms with van der Waals surface area (Å²) in [4.78, 5) is 29.1. The molecule has 1 unspecified atom stereocenters. The molecule has 1 N–H and O–H groups in total. The summed E-state index contributed by atoms with van der Waals surface area (Å²) in [5.41, 5.74) is 3.07. The van der Waals surface area contributed by atoms with E-state index >= 15 is 0 Å². The number of hydrogen-bond acceptors (Lipinski definition) is 2. The van der Waals surface area contributed by atoms with Gasteiger partial charge in [0.25, 0.3) is 0 Å². The maximum atomic E-state index is 14.6. The first-order valence-corrected chi connectivity index (χ1v) is 12.9. The Hall–Kier alpha value is -3.18. The predicted octanol–water partition coefficient (Wildman–Crippen LogP) is 6.03. The van der Waals surface area contributed by atoms with Gasteiger partial charge in [-0.2, -0.15) is 0 Å². The van der Waals surface area contributed by atoms with E-state index < -0.39 is 11.9 Å². The SMILES string of the molecule is Cc1cccc(CN(C(=O)Cc2c(F)cccc2Cl)C(Cc2ccccc2)C(=O)NC2CCCC2)c1. The van der Waals surface area contributed by atoms with Gasteiger partial charge in [0.15, 0.2) is 0 Å². The summed E-state index contributed by atoms with van der Waals surface area (Å²) in [6.45, 7) is 2.23. The zero-order chi connectivity index (χ0) is 25.5. The second kappa shape index (κ2) is 12.2. The van der Waals surface area contributed by atoms with E-state index in [0.717, 1.165) is 42.4 Å². The van der Waals surface area contributed by atoms with Crippen molar-refractivity contribution in [3.05, 3.63) is 106 Å². The highest BCUT2D eigenvalue weighted by atomic mass is 35.5. The Kier molecular flexibility index (Phi) is 8.76. The van der Waals surface area contributed by atoms with Crippen molar-refractivity contribution in [2.75, 3.05) is 0 Å². The molecular formula is C30H32ClFN2O2. The van der Waals surface area contributed by atoms with Gasteiger partial charge in [0.05, 0.1) is 6.42 Å². The Balaban J connectivity index is 1.69. The molecule has 3 aromatic rings. The Morgan fingerprint density at radius 1 is 1.00 bits per heavy atom. The molecule has 1 saturated carbocycles. The average molecular weight is 507 g/mol. The van der Waals surface area contributed by atoms with Crippen molar-refractivity contribution in [2.24, 2.45) is 0 Å². The fraction of sp³-hybridized carbons (Fsp3) is 0.333. The number of carbonyl (C=O) groups excluding carboxylic acids is 2. The largest absolute Gasteiger partial charge is 0.352 e. The van der Waals surface area contributed by atoms with Crippen LogP contribution in [0.4, 0.5) is 4.39 Å². The van der Waals surface area contributed by atoms with Crippen molar-refractivity contribution in [1.82, 2.24) is 10.2 Å². The van der Waals surface area contributed by atoms with Crippen LogP contribution in [-0.2, 0) is 29.0 Å². The summed E-state index contributed by atoms with van der Waals surface area (Å²) in [5, 5.41) is 3.39. The molecule has 6 heteroatoms. The summed E-state index contributed by atoms with van der Waals surface area (Å²) >= 11 is 6.25. The van der Waals surface area contributed by atoms with Crippen molar-refractivity contribution in [2.45, 2.75) is 64.1 Å². The maximum Gasteiger partial charge on any atom is 0.243 e. The van der Waals surface area contributed by atoms with Crippen molar-refractivity contribution in [3.63, 3.8) is 0 Å².